The van der Waals surface area contributed by atoms with Gasteiger partial charge in [0.1, 0.15) is 0 Å². The van der Waals surface area contributed by atoms with Crippen molar-refractivity contribution < 1.29 is 0 Å². The molecular formula is C12H17N. The molecule has 0 amide bonds. The van der Waals surface area contributed by atoms with Gasteiger partial charge in [0.05, 0.1) is 0 Å². The predicted octanol–water partition coefficient (Wildman–Crippen LogP) is 2.70. The summed E-state index contributed by atoms with van der Waals surface area (Å²) in [6.07, 6.45) is 1.21. The molecule has 1 atom stereocenters. The number of fused-ring (bicyclic) bond motifs is 1. The summed E-state index contributed by atoms with van der Waals surface area (Å²) in [6.45, 7) is 4.60. The van der Waals surface area contributed by atoms with E-state index in [1.54, 1.807) is 0 Å². The van der Waals surface area contributed by atoms with Crippen molar-refractivity contribution in [3.8, 4) is 0 Å². The zero-order valence-corrected chi connectivity index (χ0v) is 8.62. The number of para-hydroxylation sites is 1. The van der Waals surface area contributed by atoms with Crippen molar-refractivity contribution >= 4 is 5.69 Å². The Morgan fingerprint density at radius 2 is 2.00 bits per heavy atom. The fourth-order valence-corrected chi connectivity index (χ4v) is 2.25. The molecule has 0 aliphatic carbocycles. The molecule has 0 bridgehead atoms. The molecule has 0 radical (unpaired) electrons. The minimum atomic E-state index is 0.692. The fourth-order valence-electron chi connectivity index (χ4n) is 2.25. The van der Waals surface area contributed by atoms with Gasteiger partial charge in [-0.1, -0.05) is 32.0 Å². The number of anilines is 1. The summed E-state index contributed by atoms with van der Waals surface area (Å²) in [7, 11) is 2.20. The standard InChI is InChI=1S/C12H17N/c1-9(2)12-8-10-6-4-5-7-11(10)13(12)3/h4-7,9,12H,8H2,1-3H3. The summed E-state index contributed by atoms with van der Waals surface area (Å²) in [5.74, 6) is 0.734. The van der Waals surface area contributed by atoms with Gasteiger partial charge in [0.25, 0.3) is 0 Å². The van der Waals surface area contributed by atoms with Crippen LogP contribution in [0.2, 0.25) is 0 Å². The van der Waals surface area contributed by atoms with Gasteiger partial charge in [-0.3, -0.25) is 0 Å². The molecule has 0 N–H and O–H groups in total. The number of nitrogens with zero attached hydrogens (tertiary/aromatic N) is 1. The first-order valence-corrected chi connectivity index (χ1v) is 5.01. The van der Waals surface area contributed by atoms with E-state index in [1.165, 1.54) is 17.7 Å². The van der Waals surface area contributed by atoms with Crippen LogP contribution in [0.15, 0.2) is 24.3 Å². The van der Waals surface area contributed by atoms with Crippen LogP contribution in [0.3, 0.4) is 0 Å². The van der Waals surface area contributed by atoms with E-state index in [1.807, 2.05) is 0 Å². The Balaban J connectivity index is 2.32. The number of hydrogen-bond acceptors (Lipinski definition) is 1. The largest absolute Gasteiger partial charge is 0.371 e. The quantitative estimate of drug-likeness (QED) is 0.634. The van der Waals surface area contributed by atoms with E-state index in [9.17, 15) is 0 Å². The minimum absolute atomic E-state index is 0.692. The fraction of sp³-hybridized carbons (Fsp3) is 0.500. The smallest absolute Gasteiger partial charge is 0.0399 e. The SMILES string of the molecule is CC(C)C1Cc2ccccc2N1C. The topological polar surface area (TPSA) is 3.24 Å². The zero-order valence-electron chi connectivity index (χ0n) is 8.62. The van der Waals surface area contributed by atoms with Gasteiger partial charge in [-0.15, -0.1) is 0 Å². The number of hydrogen-bond donors (Lipinski definition) is 0. The van der Waals surface area contributed by atoms with E-state index >= 15 is 0 Å². The Kier molecular flexibility index (Phi) is 2.03. The first-order chi connectivity index (χ1) is 6.20. The summed E-state index contributed by atoms with van der Waals surface area (Å²) < 4.78 is 0. The highest BCUT2D eigenvalue weighted by molar-refractivity contribution is 5.58. The highest BCUT2D eigenvalue weighted by Crippen LogP contribution is 2.33. The van der Waals surface area contributed by atoms with Gasteiger partial charge >= 0.3 is 0 Å². The van der Waals surface area contributed by atoms with Crippen molar-refractivity contribution in [3.63, 3.8) is 0 Å². The van der Waals surface area contributed by atoms with Crippen LogP contribution < -0.4 is 4.90 Å². The van der Waals surface area contributed by atoms with Gasteiger partial charge in [-0.25, -0.2) is 0 Å². The maximum absolute atomic E-state index is 2.42. The van der Waals surface area contributed by atoms with Gasteiger partial charge < -0.3 is 4.90 Å². The first-order valence-electron chi connectivity index (χ1n) is 5.01. The monoisotopic (exact) mass is 175 g/mol. The van der Waals surface area contributed by atoms with Crippen LogP contribution >= 0.6 is 0 Å². The molecule has 1 aromatic rings. The summed E-state index contributed by atoms with van der Waals surface area (Å²) in [4.78, 5) is 2.42. The Labute approximate surface area is 80.4 Å². The Hall–Kier alpha value is -0.980. The lowest BCUT2D eigenvalue weighted by atomic mass is 10.0. The molecule has 1 aliphatic rings. The third-order valence-corrected chi connectivity index (χ3v) is 3.07. The molecule has 1 heteroatoms. The van der Waals surface area contributed by atoms with Crippen LogP contribution in [0.1, 0.15) is 19.4 Å². The molecule has 0 spiro atoms. The van der Waals surface area contributed by atoms with Crippen molar-refractivity contribution in [2.75, 3.05) is 11.9 Å². The maximum Gasteiger partial charge on any atom is 0.0399 e. The van der Waals surface area contributed by atoms with Gasteiger partial charge in [0.15, 0.2) is 0 Å². The highest BCUT2D eigenvalue weighted by atomic mass is 15.2. The molecule has 70 valence electrons. The van der Waals surface area contributed by atoms with Gasteiger partial charge in [-0.2, -0.15) is 0 Å². The van der Waals surface area contributed by atoms with Crippen molar-refractivity contribution in [1.29, 1.82) is 0 Å². The van der Waals surface area contributed by atoms with Crippen molar-refractivity contribution in [3.05, 3.63) is 29.8 Å². The van der Waals surface area contributed by atoms with E-state index in [0.29, 0.717) is 6.04 Å². The molecule has 1 nitrogen and oxygen atoms in total. The van der Waals surface area contributed by atoms with E-state index in [0.717, 1.165) is 5.92 Å². The third kappa shape index (κ3) is 1.32. The molecule has 0 aromatic heterocycles. The van der Waals surface area contributed by atoms with E-state index in [-0.39, 0.29) is 0 Å². The van der Waals surface area contributed by atoms with Gasteiger partial charge in [0.2, 0.25) is 0 Å². The van der Waals surface area contributed by atoms with Gasteiger partial charge in [0, 0.05) is 18.8 Å². The molecule has 1 heterocycles. The van der Waals surface area contributed by atoms with E-state index in [4.69, 9.17) is 0 Å². The van der Waals surface area contributed by atoms with Crippen LogP contribution in [0.5, 0.6) is 0 Å². The highest BCUT2D eigenvalue weighted by Gasteiger charge is 2.27. The second kappa shape index (κ2) is 3.06. The number of rotatable bonds is 1. The molecular weight excluding hydrogens is 158 g/mol. The molecule has 1 aliphatic heterocycles. The lowest BCUT2D eigenvalue weighted by Crippen LogP contribution is -2.32. The van der Waals surface area contributed by atoms with Crippen LogP contribution in [-0.2, 0) is 6.42 Å². The van der Waals surface area contributed by atoms with Crippen molar-refractivity contribution in [2.45, 2.75) is 26.3 Å². The molecule has 0 fully saturated rings. The summed E-state index contributed by atoms with van der Waals surface area (Å²) >= 11 is 0. The molecule has 0 saturated heterocycles. The predicted molar refractivity (Wildman–Crippen MR) is 57.2 cm³/mol. The van der Waals surface area contributed by atoms with Crippen LogP contribution in [-0.4, -0.2) is 13.1 Å². The molecule has 0 saturated carbocycles. The second-order valence-electron chi connectivity index (χ2n) is 4.26. The lowest BCUT2D eigenvalue weighted by Gasteiger charge is -2.25. The van der Waals surface area contributed by atoms with E-state index < -0.39 is 0 Å². The average molecular weight is 175 g/mol. The Bertz CT molecular complexity index is 304. The van der Waals surface area contributed by atoms with Crippen molar-refractivity contribution in [2.24, 2.45) is 5.92 Å². The summed E-state index contributed by atoms with van der Waals surface area (Å²) in [6, 6.07) is 9.41. The second-order valence-corrected chi connectivity index (χ2v) is 4.26. The average Bonchev–Trinajstić information content (AvgIpc) is 2.45. The van der Waals surface area contributed by atoms with Gasteiger partial charge in [-0.05, 0) is 24.0 Å². The Morgan fingerprint density at radius 3 is 2.62 bits per heavy atom. The zero-order chi connectivity index (χ0) is 9.42. The normalized spacial score (nSPS) is 20.9. The van der Waals surface area contributed by atoms with Crippen LogP contribution in [0.25, 0.3) is 0 Å². The molecule has 13 heavy (non-hydrogen) atoms. The Morgan fingerprint density at radius 1 is 1.31 bits per heavy atom. The first kappa shape index (κ1) is 8.61. The van der Waals surface area contributed by atoms with Crippen LogP contribution in [0.4, 0.5) is 5.69 Å². The minimum Gasteiger partial charge on any atom is -0.371 e. The summed E-state index contributed by atoms with van der Waals surface area (Å²) in [5.41, 5.74) is 2.92. The van der Waals surface area contributed by atoms with E-state index in [2.05, 4.69) is 50.1 Å². The molecule has 1 aromatic carbocycles. The molecule has 1 unspecified atom stereocenters. The summed E-state index contributed by atoms with van der Waals surface area (Å²) in [5, 5.41) is 0. The number of benzene rings is 1. The third-order valence-electron chi connectivity index (χ3n) is 3.07. The number of likely N-dealkylation sites (N-methyl/N-ethyl adjacent to an activating group) is 1. The maximum atomic E-state index is 2.42. The molecule has 2 rings (SSSR count). The van der Waals surface area contributed by atoms with Crippen molar-refractivity contribution in [1.82, 2.24) is 0 Å². The lowest BCUT2D eigenvalue weighted by molar-refractivity contribution is 0.491. The van der Waals surface area contributed by atoms with Crippen LogP contribution in [0, 0.1) is 5.92 Å².